The standard InChI is InChI=1S/C5H9ClO2/c1-3-8-4(2)5(6)7/h4H,3H2,1-2H3/t4-/m0/s1. The van der Waals surface area contributed by atoms with Crippen LogP contribution in [0.3, 0.4) is 0 Å². The van der Waals surface area contributed by atoms with Gasteiger partial charge in [-0.1, -0.05) is 0 Å². The minimum absolute atomic E-state index is 0.438. The van der Waals surface area contributed by atoms with Crippen LogP contribution in [-0.4, -0.2) is 18.0 Å². The van der Waals surface area contributed by atoms with Crippen LogP contribution in [0.2, 0.25) is 0 Å². The molecule has 0 amide bonds. The maximum absolute atomic E-state index is 10.2. The van der Waals surface area contributed by atoms with E-state index < -0.39 is 11.3 Å². The Labute approximate surface area is 53.8 Å². The summed E-state index contributed by atoms with van der Waals surface area (Å²) >= 11 is 5.04. The second-order valence-corrected chi connectivity index (χ2v) is 1.77. The van der Waals surface area contributed by atoms with E-state index in [-0.39, 0.29) is 0 Å². The van der Waals surface area contributed by atoms with Gasteiger partial charge in [-0.3, -0.25) is 4.79 Å². The van der Waals surface area contributed by atoms with Crippen LogP contribution in [0.25, 0.3) is 0 Å². The van der Waals surface area contributed by atoms with Crippen molar-refractivity contribution in [1.29, 1.82) is 0 Å². The van der Waals surface area contributed by atoms with Crippen molar-refractivity contribution in [2.24, 2.45) is 0 Å². The van der Waals surface area contributed by atoms with Crippen molar-refractivity contribution < 1.29 is 9.53 Å². The molecule has 0 aliphatic rings. The largest absolute Gasteiger partial charge is 0.370 e. The molecule has 0 aliphatic carbocycles. The SMILES string of the molecule is CCO[C@@H](C)C(=O)Cl. The molecule has 0 saturated carbocycles. The van der Waals surface area contributed by atoms with Crippen molar-refractivity contribution in [1.82, 2.24) is 0 Å². The van der Waals surface area contributed by atoms with Crippen LogP contribution in [-0.2, 0) is 9.53 Å². The molecule has 0 saturated heterocycles. The van der Waals surface area contributed by atoms with Gasteiger partial charge in [0.1, 0.15) is 6.10 Å². The molecule has 0 fully saturated rings. The number of carbonyl (C=O) groups is 1. The summed E-state index contributed by atoms with van der Waals surface area (Å²) in [4.78, 5) is 10.2. The summed E-state index contributed by atoms with van der Waals surface area (Å²) in [5, 5.41) is -0.438. The first-order valence-corrected chi connectivity index (χ1v) is 2.87. The molecule has 0 spiro atoms. The maximum Gasteiger partial charge on any atom is 0.250 e. The van der Waals surface area contributed by atoms with Crippen molar-refractivity contribution in [3.63, 3.8) is 0 Å². The summed E-state index contributed by atoms with van der Waals surface area (Å²) in [7, 11) is 0. The van der Waals surface area contributed by atoms with Gasteiger partial charge in [0.2, 0.25) is 5.24 Å². The molecule has 0 radical (unpaired) electrons. The molecular formula is C5H9ClO2. The van der Waals surface area contributed by atoms with Crippen molar-refractivity contribution >= 4 is 16.8 Å². The third-order valence-corrected chi connectivity index (χ3v) is 1.04. The van der Waals surface area contributed by atoms with E-state index >= 15 is 0 Å². The number of carbonyl (C=O) groups excluding carboxylic acids is 1. The highest BCUT2D eigenvalue weighted by Gasteiger charge is 2.06. The van der Waals surface area contributed by atoms with E-state index in [9.17, 15) is 4.79 Å². The number of rotatable bonds is 3. The van der Waals surface area contributed by atoms with E-state index in [0.717, 1.165) is 0 Å². The molecule has 8 heavy (non-hydrogen) atoms. The smallest absolute Gasteiger partial charge is 0.250 e. The minimum Gasteiger partial charge on any atom is -0.370 e. The molecule has 0 N–H and O–H groups in total. The fraction of sp³-hybridized carbons (Fsp3) is 0.800. The summed E-state index contributed by atoms with van der Waals surface area (Å²) in [6.45, 7) is 3.97. The molecule has 0 aromatic carbocycles. The van der Waals surface area contributed by atoms with E-state index in [0.29, 0.717) is 6.61 Å². The molecule has 3 heteroatoms. The summed E-state index contributed by atoms with van der Waals surface area (Å²) in [6, 6.07) is 0. The van der Waals surface area contributed by atoms with Gasteiger partial charge in [0.15, 0.2) is 0 Å². The van der Waals surface area contributed by atoms with Gasteiger partial charge in [-0.05, 0) is 25.4 Å². The van der Waals surface area contributed by atoms with Gasteiger partial charge in [0.05, 0.1) is 0 Å². The first-order valence-electron chi connectivity index (χ1n) is 2.49. The predicted octanol–water partition coefficient (Wildman–Crippen LogP) is 1.18. The van der Waals surface area contributed by atoms with E-state index in [1.165, 1.54) is 0 Å². The molecule has 0 heterocycles. The fourth-order valence-electron chi connectivity index (χ4n) is 0.316. The third-order valence-electron chi connectivity index (χ3n) is 0.736. The van der Waals surface area contributed by atoms with Crippen LogP contribution in [0.1, 0.15) is 13.8 Å². The predicted molar refractivity (Wildman–Crippen MR) is 31.9 cm³/mol. The quantitative estimate of drug-likeness (QED) is 0.545. The molecule has 48 valence electrons. The van der Waals surface area contributed by atoms with Crippen LogP contribution in [0, 0.1) is 0 Å². The van der Waals surface area contributed by atoms with Crippen molar-refractivity contribution in [2.45, 2.75) is 20.0 Å². The Morgan fingerprint density at radius 2 is 2.38 bits per heavy atom. The first-order chi connectivity index (χ1) is 3.68. The van der Waals surface area contributed by atoms with Gasteiger partial charge in [-0.25, -0.2) is 0 Å². The van der Waals surface area contributed by atoms with Crippen molar-refractivity contribution in [3.05, 3.63) is 0 Å². The number of hydrogen-bond acceptors (Lipinski definition) is 2. The second kappa shape index (κ2) is 3.87. The molecular weight excluding hydrogens is 128 g/mol. The molecule has 0 aromatic rings. The summed E-state index contributed by atoms with van der Waals surface area (Å²) in [5.41, 5.74) is 0. The van der Waals surface area contributed by atoms with Gasteiger partial charge in [0, 0.05) is 6.61 Å². The molecule has 0 aliphatic heterocycles. The molecule has 0 unspecified atom stereocenters. The zero-order chi connectivity index (χ0) is 6.57. The molecule has 0 aromatic heterocycles. The highest BCUT2D eigenvalue weighted by molar-refractivity contribution is 6.64. The Hall–Kier alpha value is -0.0800. The summed E-state index contributed by atoms with van der Waals surface area (Å²) in [6.07, 6.45) is -0.457. The average molecular weight is 137 g/mol. The Balaban J connectivity index is 3.32. The average Bonchev–Trinajstić information content (AvgIpc) is 1.67. The fourth-order valence-corrected chi connectivity index (χ4v) is 0.379. The van der Waals surface area contributed by atoms with E-state index in [4.69, 9.17) is 16.3 Å². The maximum atomic E-state index is 10.2. The lowest BCUT2D eigenvalue weighted by atomic mass is 10.4. The Morgan fingerprint density at radius 1 is 1.88 bits per heavy atom. The van der Waals surface area contributed by atoms with E-state index in [1.807, 2.05) is 6.92 Å². The molecule has 1 atom stereocenters. The second-order valence-electron chi connectivity index (χ2n) is 1.40. The zero-order valence-corrected chi connectivity index (χ0v) is 5.73. The van der Waals surface area contributed by atoms with Gasteiger partial charge in [0.25, 0.3) is 0 Å². The Kier molecular flexibility index (Phi) is 3.83. The minimum atomic E-state index is -0.457. The lowest BCUT2D eigenvalue weighted by Gasteiger charge is -2.03. The van der Waals surface area contributed by atoms with Crippen LogP contribution < -0.4 is 0 Å². The number of ether oxygens (including phenoxy) is 1. The molecule has 0 bridgehead atoms. The van der Waals surface area contributed by atoms with Crippen LogP contribution in [0.4, 0.5) is 0 Å². The van der Waals surface area contributed by atoms with Gasteiger partial charge in [-0.2, -0.15) is 0 Å². The number of hydrogen-bond donors (Lipinski definition) is 0. The molecule has 0 rings (SSSR count). The van der Waals surface area contributed by atoms with Gasteiger partial charge < -0.3 is 4.74 Å². The summed E-state index contributed by atoms with van der Waals surface area (Å²) < 4.78 is 4.82. The van der Waals surface area contributed by atoms with E-state index in [1.54, 1.807) is 6.92 Å². The normalized spacial score (nSPS) is 13.4. The highest BCUT2D eigenvalue weighted by Crippen LogP contribution is 1.94. The molecule has 2 nitrogen and oxygen atoms in total. The lowest BCUT2D eigenvalue weighted by molar-refractivity contribution is -0.121. The van der Waals surface area contributed by atoms with Crippen molar-refractivity contribution in [3.8, 4) is 0 Å². The van der Waals surface area contributed by atoms with Crippen LogP contribution in [0.15, 0.2) is 0 Å². The van der Waals surface area contributed by atoms with Crippen molar-refractivity contribution in [2.75, 3.05) is 6.61 Å². The van der Waals surface area contributed by atoms with Gasteiger partial charge >= 0.3 is 0 Å². The third kappa shape index (κ3) is 2.99. The topological polar surface area (TPSA) is 26.3 Å². The van der Waals surface area contributed by atoms with Gasteiger partial charge in [-0.15, -0.1) is 0 Å². The first kappa shape index (κ1) is 7.92. The monoisotopic (exact) mass is 136 g/mol. The highest BCUT2D eigenvalue weighted by atomic mass is 35.5. The lowest BCUT2D eigenvalue weighted by Crippen LogP contribution is -2.14. The van der Waals surface area contributed by atoms with E-state index in [2.05, 4.69) is 0 Å². The summed E-state index contributed by atoms with van der Waals surface area (Å²) in [5.74, 6) is 0. The Bertz CT molecular complexity index is 82.5. The van der Waals surface area contributed by atoms with Crippen LogP contribution >= 0.6 is 11.6 Å². The number of halogens is 1. The van der Waals surface area contributed by atoms with Crippen LogP contribution in [0.5, 0.6) is 0 Å². The Morgan fingerprint density at radius 3 is 2.50 bits per heavy atom. The zero-order valence-electron chi connectivity index (χ0n) is 4.98.